The number of ether oxygens (including phenoxy) is 1. The minimum Gasteiger partial charge on any atom is -0.497 e. The Hall–Kier alpha value is -4.39. The van der Waals surface area contributed by atoms with Gasteiger partial charge in [0.15, 0.2) is 0 Å². The normalized spacial score (nSPS) is 10.6. The monoisotopic (exact) mass is 468 g/mol. The van der Waals surface area contributed by atoms with Gasteiger partial charge in [0.2, 0.25) is 5.91 Å². The second-order valence-electron chi connectivity index (χ2n) is 8.35. The second kappa shape index (κ2) is 11.2. The summed E-state index contributed by atoms with van der Waals surface area (Å²) in [7, 11) is 1.63. The highest BCUT2D eigenvalue weighted by atomic mass is 16.5. The molecule has 0 atom stereocenters. The fourth-order valence-electron chi connectivity index (χ4n) is 3.66. The number of amides is 2. The number of benzene rings is 3. The number of hydrogen-bond donors (Lipinski definition) is 2. The number of methoxy groups -OCH3 is 1. The lowest BCUT2D eigenvalue weighted by Gasteiger charge is -2.08. The largest absolute Gasteiger partial charge is 0.497 e. The molecule has 7 nitrogen and oxygen atoms in total. The molecular formula is C28H28N4O3. The van der Waals surface area contributed by atoms with Gasteiger partial charge in [0.1, 0.15) is 11.4 Å². The molecule has 0 unspecified atom stereocenters. The van der Waals surface area contributed by atoms with Crippen LogP contribution in [0.15, 0.2) is 85.3 Å². The molecule has 0 aliphatic heterocycles. The lowest BCUT2D eigenvalue weighted by molar-refractivity contribution is -0.116. The first-order valence-corrected chi connectivity index (χ1v) is 11.4. The molecule has 0 aliphatic carbocycles. The molecule has 1 heterocycles. The average molecular weight is 469 g/mol. The third kappa shape index (κ3) is 6.80. The number of hydrogen-bond acceptors (Lipinski definition) is 4. The van der Waals surface area contributed by atoms with E-state index in [4.69, 9.17) is 4.74 Å². The first kappa shape index (κ1) is 23.8. The van der Waals surface area contributed by atoms with E-state index in [1.807, 2.05) is 84.3 Å². The molecular weight excluding hydrogens is 440 g/mol. The maximum atomic E-state index is 12.5. The van der Waals surface area contributed by atoms with Crippen molar-refractivity contribution in [3.8, 4) is 5.75 Å². The molecule has 1 aromatic heterocycles. The van der Waals surface area contributed by atoms with Gasteiger partial charge in [0.05, 0.1) is 13.4 Å². The van der Waals surface area contributed by atoms with Crippen molar-refractivity contribution in [1.29, 1.82) is 0 Å². The summed E-state index contributed by atoms with van der Waals surface area (Å²) in [6.07, 6.45) is 4.42. The SMILES string of the molecule is COc1ccc(CCC(=O)Nc2ccc(Cn3cnc(C(=O)Nc4cccc(C)c4)c3)cc2)cc1. The Bertz CT molecular complexity index is 1290. The first-order chi connectivity index (χ1) is 17.0. The van der Waals surface area contributed by atoms with Crippen LogP contribution >= 0.6 is 0 Å². The van der Waals surface area contributed by atoms with Crippen molar-refractivity contribution < 1.29 is 14.3 Å². The van der Waals surface area contributed by atoms with Gasteiger partial charge in [0, 0.05) is 30.5 Å². The molecule has 2 amide bonds. The minimum absolute atomic E-state index is 0.0348. The summed E-state index contributed by atoms with van der Waals surface area (Å²) in [5, 5.41) is 5.80. The molecule has 3 aromatic carbocycles. The Labute approximate surface area is 204 Å². The van der Waals surface area contributed by atoms with Gasteiger partial charge in [-0.1, -0.05) is 36.4 Å². The molecule has 178 valence electrons. The summed E-state index contributed by atoms with van der Waals surface area (Å²) in [4.78, 5) is 29.0. The molecule has 0 spiro atoms. The van der Waals surface area contributed by atoms with E-state index in [0.29, 0.717) is 25.1 Å². The summed E-state index contributed by atoms with van der Waals surface area (Å²) in [5.41, 5.74) is 5.04. The van der Waals surface area contributed by atoms with Crippen molar-refractivity contribution in [3.63, 3.8) is 0 Å². The zero-order valence-electron chi connectivity index (χ0n) is 19.8. The topological polar surface area (TPSA) is 85.2 Å². The van der Waals surface area contributed by atoms with Crippen LogP contribution in [0.1, 0.15) is 33.6 Å². The zero-order valence-corrected chi connectivity index (χ0v) is 19.8. The van der Waals surface area contributed by atoms with Crippen molar-refractivity contribution >= 4 is 23.2 Å². The van der Waals surface area contributed by atoms with Gasteiger partial charge in [-0.2, -0.15) is 0 Å². The summed E-state index contributed by atoms with van der Waals surface area (Å²) in [6.45, 7) is 2.54. The van der Waals surface area contributed by atoms with E-state index in [1.54, 1.807) is 19.6 Å². The predicted octanol–water partition coefficient (Wildman–Crippen LogP) is 5.07. The number of imidazole rings is 1. The maximum Gasteiger partial charge on any atom is 0.275 e. The van der Waals surface area contributed by atoms with Crippen LogP contribution < -0.4 is 15.4 Å². The highest BCUT2D eigenvalue weighted by molar-refractivity contribution is 6.02. The first-order valence-electron chi connectivity index (χ1n) is 11.4. The van der Waals surface area contributed by atoms with Gasteiger partial charge in [-0.25, -0.2) is 4.98 Å². The molecule has 7 heteroatoms. The molecule has 2 N–H and O–H groups in total. The van der Waals surface area contributed by atoms with Crippen LogP contribution in [0.2, 0.25) is 0 Å². The third-order valence-electron chi connectivity index (χ3n) is 5.54. The molecule has 35 heavy (non-hydrogen) atoms. The van der Waals surface area contributed by atoms with E-state index >= 15 is 0 Å². The zero-order chi connectivity index (χ0) is 24.6. The van der Waals surface area contributed by atoms with E-state index in [0.717, 1.165) is 33.8 Å². The van der Waals surface area contributed by atoms with Crippen LogP contribution in [0, 0.1) is 6.92 Å². The molecule has 0 bridgehead atoms. The van der Waals surface area contributed by atoms with Crippen molar-refractivity contribution in [2.75, 3.05) is 17.7 Å². The number of aryl methyl sites for hydroxylation is 2. The lowest BCUT2D eigenvalue weighted by atomic mass is 10.1. The van der Waals surface area contributed by atoms with E-state index < -0.39 is 0 Å². The summed E-state index contributed by atoms with van der Waals surface area (Å²) < 4.78 is 7.01. The summed E-state index contributed by atoms with van der Waals surface area (Å²) >= 11 is 0. The highest BCUT2D eigenvalue weighted by Gasteiger charge is 2.10. The standard InChI is InChI=1S/C28H28N4O3/c1-20-4-3-5-24(16-20)31-28(34)26-18-32(19-29-26)17-22-6-11-23(12-7-22)30-27(33)15-10-21-8-13-25(35-2)14-9-21/h3-9,11-14,16,18-19H,10,15,17H2,1-2H3,(H,30,33)(H,31,34). The van der Waals surface area contributed by atoms with E-state index in [9.17, 15) is 9.59 Å². The van der Waals surface area contributed by atoms with Gasteiger partial charge in [0.25, 0.3) is 5.91 Å². The summed E-state index contributed by atoms with van der Waals surface area (Å²) in [6, 6.07) is 23.0. The Morgan fingerprint density at radius 1 is 0.914 bits per heavy atom. The number of nitrogens with zero attached hydrogens (tertiary/aromatic N) is 2. The highest BCUT2D eigenvalue weighted by Crippen LogP contribution is 2.15. The van der Waals surface area contributed by atoms with Crippen LogP contribution in [0.3, 0.4) is 0 Å². The number of carbonyl (C=O) groups excluding carboxylic acids is 2. The number of nitrogens with one attached hydrogen (secondary N) is 2. The molecule has 0 saturated heterocycles. The molecule has 0 fully saturated rings. The molecule has 4 aromatic rings. The molecule has 0 radical (unpaired) electrons. The van der Waals surface area contributed by atoms with E-state index in [-0.39, 0.29) is 11.8 Å². The van der Waals surface area contributed by atoms with Gasteiger partial charge in [-0.15, -0.1) is 0 Å². The smallest absolute Gasteiger partial charge is 0.275 e. The van der Waals surface area contributed by atoms with Crippen molar-refractivity contribution in [1.82, 2.24) is 9.55 Å². The van der Waals surface area contributed by atoms with Crippen LogP contribution in [0.5, 0.6) is 5.75 Å². The van der Waals surface area contributed by atoms with Crippen molar-refractivity contribution in [2.45, 2.75) is 26.3 Å². The fourth-order valence-corrected chi connectivity index (χ4v) is 3.66. The lowest BCUT2D eigenvalue weighted by Crippen LogP contribution is -2.12. The van der Waals surface area contributed by atoms with Gasteiger partial charge < -0.3 is 19.9 Å². The predicted molar refractivity (Wildman–Crippen MR) is 137 cm³/mol. The van der Waals surface area contributed by atoms with Crippen LogP contribution in [-0.4, -0.2) is 28.5 Å². The van der Waals surface area contributed by atoms with E-state index in [1.165, 1.54) is 0 Å². The summed E-state index contributed by atoms with van der Waals surface area (Å²) in [5.74, 6) is 0.519. The van der Waals surface area contributed by atoms with E-state index in [2.05, 4.69) is 15.6 Å². The number of carbonyl (C=O) groups is 2. The number of anilines is 2. The Kier molecular flexibility index (Phi) is 7.57. The van der Waals surface area contributed by atoms with Crippen molar-refractivity contribution in [3.05, 3.63) is 108 Å². The van der Waals surface area contributed by atoms with Gasteiger partial charge in [-0.05, 0) is 66.4 Å². The van der Waals surface area contributed by atoms with Gasteiger partial charge >= 0.3 is 0 Å². The average Bonchev–Trinajstić information content (AvgIpc) is 3.33. The number of aromatic nitrogens is 2. The third-order valence-corrected chi connectivity index (χ3v) is 5.54. The second-order valence-corrected chi connectivity index (χ2v) is 8.35. The molecule has 0 aliphatic rings. The maximum absolute atomic E-state index is 12.5. The Morgan fingerprint density at radius 3 is 2.37 bits per heavy atom. The van der Waals surface area contributed by atoms with Gasteiger partial charge in [-0.3, -0.25) is 9.59 Å². The molecule has 4 rings (SSSR count). The Morgan fingerprint density at radius 2 is 1.66 bits per heavy atom. The minimum atomic E-state index is -0.248. The quantitative estimate of drug-likeness (QED) is 0.359. The fraction of sp³-hybridized carbons (Fsp3) is 0.179. The van der Waals surface area contributed by atoms with Crippen LogP contribution in [0.25, 0.3) is 0 Å². The van der Waals surface area contributed by atoms with Crippen LogP contribution in [0.4, 0.5) is 11.4 Å². The van der Waals surface area contributed by atoms with Crippen molar-refractivity contribution in [2.24, 2.45) is 0 Å². The number of rotatable bonds is 9. The Balaban J connectivity index is 1.27. The van der Waals surface area contributed by atoms with Crippen LogP contribution in [-0.2, 0) is 17.8 Å². The molecule has 0 saturated carbocycles.